The molecule has 1 aromatic heterocycles. The fraction of sp³-hybridized carbons (Fsp3) is 0.281. The van der Waals surface area contributed by atoms with Crippen LogP contribution in [-0.4, -0.2) is 29.1 Å². The standard InChI is InChI=1S/C32H32F3N3O3S/c1-20-7-6-8-27(28(20)22-9-11-23(12-10-22)32(33,34)35)29(39)37-24-13-15-26(16-14-24)38(30(40)41-31(3,4)5)18-17-25-19-42-21(2)36-25/h6-16,19H,17-18H2,1-5H3,(H,37,39). The van der Waals surface area contributed by atoms with Crippen molar-refractivity contribution in [1.29, 1.82) is 0 Å². The number of benzene rings is 3. The van der Waals surface area contributed by atoms with E-state index in [0.29, 0.717) is 41.0 Å². The molecule has 0 aliphatic carbocycles. The van der Waals surface area contributed by atoms with Gasteiger partial charge in [-0.2, -0.15) is 13.2 Å². The van der Waals surface area contributed by atoms with Crippen molar-refractivity contribution in [2.75, 3.05) is 16.8 Å². The highest BCUT2D eigenvalue weighted by molar-refractivity contribution is 7.09. The minimum absolute atomic E-state index is 0.327. The molecule has 1 N–H and O–H groups in total. The van der Waals surface area contributed by atoms with E-state index in [1.165, 1.54) is 17.0 Å². The summed E-state index contributed by atoms with van der Waals surface area (Å²) in [5.41, 5.74) is 2.66. The van der Waals surface area contributed by atoms with Crippen molar-refractivity contribution in [3.05, 3.63) is 99.5 Å². The van der Waals surface area contributed by atoms with Crippen LogP contribution in [-0.2, 0) is 17.3 Å². The van der Waals surface area contributed by atoms with Gasteiger partial charge in [0.1, 0.15) is 5.60 Å². The largest absolute Gasteiger partial charge is 0.443 e. The Balaban J connectivity index is 1.55. The average molecular weight is 596 g/mol. The lowest BCUT2D eigenvalue weighted by atomic mass is 9.94. The molecule has 6 nitrogen and oxygen atoms in total. The molecular formula is C32H32F3N3O3S. The number of hydrogen-bond donors (Lipinski definition) is 1. The van der Waals surface area contributed by atoms with Crippen LogP contribution in [0, 0.1) is 13.8 Å². The summed E-state index contributed by atoms with van der Waals surface area (Å²) in [6.07, 6.45) is -4.40. The second-order valence-corrected chi connectivity index (χ2v) is 11.9. The molecule has 2 amide bonds. The number of rotatable bonds is 7. The fourth-order valence-electron chi connectivity index (χ4n) is 4.38. The van der Waals surface area contributed by atoms with E-state index < -0.39 is 29.3 Å². The Bertz CT molecular complexity index is 1560. The number of hydrogen-bond acceptors (Lipinski definition) is 5. The third-order valence-corrected chi connectivity index (χ3v) is 7.15. The van der Waals surface area contributed by atoms with E-state index in [4.69, 9.17) is 4.74 Å². The number of alkyl halides is 3. The van der Waals surface area contributed by atoms with E-state index in [2.05, 4.69) is 10.3 Å². The maximum Gasteiger partial charge on any atom is 0.416 e. The monoisotopic (exact) mass is 595 g/mol. The molecule has 0 saturated heterocycles. The number of anilines is 2. The summed E-state index contributed by atoms with van der Waals surface area (Å²) >= 11 is 1.55. The SMILES string of the molecule is Cc1nc(CCN(C(=O)OC(C)(C)C)c2ccc(NC(=O)c3cccc(C)c3-c3ccc(C(F)(F)F)cc3)cc2)cs1. The second-order valence-electron chi connectivity index (χ2n) is 10.8. The van der Waals surface area contributed by atoms with E-state index in [1.807, 2.05) is 12.3 Å². The van der Waals surface area contributed by atoms with Gasteiger partial charge < -0.3 is 10.1 Å². The van der Waals surface area contributed by atoms with Crippen molar-refractivity contribution in [2.24, 2.45) is 0 Å². The highest BCUT2D eigenvalue weighted by Crippen LogP contribution is 2.33. The predicted octanol–water partition coefficient (Wildman–Crippen LogP) is 8.68. The lowest BCUT2D eigenvalue weighted by molar-refractivity contribution is -0.137. The molecule has 0 atom stereocenters. The van der Waals surface area contributed by atoms with Crippen LogP contribution in [0.4, 0.5) is 29.3 Å². The smallest absolute Gasteiger partial charge is 0.416 e. The predicted molar refractivity (Wildman–Crippen MR) is 160 cm³/mol. The molecular weight excluding hydrogens is 563 g/mol. The first-order valence-electron chi connectivity index (χ1n) is 13.3. The lowest BCUT2D eigenvalue weighted by Gasteiger charge is -2.27. The Kier molecular flexibility index (Phi) is 9.06. The van der Waals surface area contributed by atoms with Crippen LogP contribution in [0.1, 0.15) is 53.0 Å². The molecule has 0 aliphatic rings. The molecule has 0 spiro atoms. The van der Waals surface area contributed by atoms with E-state index in [-0.39, 0.29) is 0 Å². The van der Waals surface area contributed by atoms with Crippen LogP contribution in [0.2, 0.25) is 0 Å². The van der Waals surface area contributed by atoms with E-state index >= 15 is 0 Å². The Morgan fingerprint density at radius 1 is 0.952 bits per heavy atom. The van der Waals surface area contributed by atoms with Gasteiger partial charge in [-0.3, -0.25) is 9.69 Å². The summed E-state index contributed by atoms with van der Waals surface area (Å²) in [7, 11) is 0. The van der Waals surface area contributed by atoms with Crippen LogP contribution in [0.15, 0.2) is 72.1 Å². The van der Waals surface area contributed by atoms with Crippen LogP contribution >= 0.6 is 11.3 Å². The highest BCUT2D eigenvalue weighted by Gasteiger charge is 2.30. The summed E-state index contributed by atoms with van der Waals surface area (Å²) in [6.45, 7) is 9.48. The number of carbonyl (C=O) groups is 2. The maximum absolute atomic E-state index is 13.4. The molecule has 0 bridgehead atoms. The molecule has 1 heterocycles. The number of thiazole rings is 1. The summed E-state index contributed by atoms with van der Waals surface area (Å²) in [6, 6.07) is 16.7. The first-order chi connectivity index (χ1) is 19.7. The zero-order chi connectivity index (χ0) is 30.7. The van der Waals surface area contributed by atoms with Gasteiger partial charge in [0.15, 0.2) is 0 Å². The van der Waals surface area contributed by atoms with Gasteiger partial charge in [-0.15, -0.1) is 11.3 Å². The van der Waals surface area contributed by atoms with E-state index in [9.17, 15) is 22.8 Å². The minimum Gasteiger partial charge on any atom is -0.443 e. The molecule has 0 unspecified atom stereocenters. The number of carbonyl (C=O) groups excluding carboxylic acids is 2. The Labute approximate surface area is 247 Å². The highest BCUT2D eigenvalue weighted by atomic mass is 32.1. The number of amides is 2. The number of nitrogens with one attached hydrogen (secondary N) is 1. The quantitative estimate of drug-likeness (QED) is 0.232. The number of aromatic nitrogens is 1. The van der Waals surface area contributed by atoms with Crippen molar-refractivity contribution in [1.82, 2.24) is 4.98 Å². The van der Waals surface area contributed by atoms with Crippen LogP contribution in [0.5, 0.6) is 0 Å². The van der Waals surface area contributed by atoms with E-state index in [1.54, 1.807) is 81.5 Å². The number of halogens is 3. The zero-order valence-electron chi connectivity index (χ0n) is 24.0. The first-order valence-corrected chi connectivity index (χ1v) is 14.2. The number of nitrogens with zero attached hydrogens (tertiary/aromatic N) is 2. The normalized spacial score (nSPS) is 11.7. The van der Waals surface area contributed by atoms with E-state index in [0.717, 1.165) is 28.4 Å². The fourth-order valence-corrected chi connectivity index (χ4v) is 5.03. The summed E-state index contributed by atoms with van der Waals surface area (Å²) in [5.74, 6) is -0.413. The van der Waals surface area contributed by atoms with Gasteiger partial charge in [0.2, 0.25) is 0 Å². The Hall–Kier alpha value is -4.18. The topological polar surface area (TPSA) is 71.5 Å². The van der Waals surface area contributed by atoms with Gasteiger partial charge in [0.05, 0.1) is 16.3 Å². The maximum atomic E-state index is 13.4. The molecule has 220 valence electrons. The van der Waals surface area contributed by atoms with Gasteiger partial charge in [0.25, 0.3) is 5.91 Å². The second kappa shape index (κ2) is 12.4. The third-order valence-electron chi connectivity index (χ3n) is 6.33. The zero-order valence-corrected chi connectivity index (χ0v) is 24.8. The van der Waals surface area contributed by atoms with Crippen LogP contribution < -0.4 is 10.2 Å². The van der Waals surface area contributed by atoms with Crippen molar-refractivity contribution in [3.63, 3.8) is 0 Å². The Morgan fingerprint density at radius 3 is 2.19 bits per heavy atom. The van der Waals surface area contributed by atoms with Gasteiger partial charge in [-0.25, -0.2) is 9.78 Å². The number of aryl methyl sites for hydroxylation is 2. The molecule has 0 radical (unpaired) electrons. The first kappa shape index (κ1) is 30.8. The molecule has 3 aromatic carbocycles. The van der Waals surface area contributed by atoms with Crippen LogP contribution in [0.25, 0.3) is 11.1 Å². The molecule has 10 heteroatoms. The van der Waals surface area contributed by atoms with Crippen molar-refractivity contribution >= 4 is 34.7 Å². The Morgan fingerprint density at radius 2 is 1.62 bits per heavy atom. The molecule has 0 aliphatic heterocycles. The minimum atomic E-state index is -4.45. The summed E-state index contributed by atoms with van der Waals surface area (Å²) in [5, 5.41) is 5.78. The summed E-state index contributed by atoms with van der Waals surface area (Å²) < 4.78 is 44.8. The van der Waals surface area contributed by atoms with Crippen molar-refractivity contribution in [2.45, 2.75) is 52.8 Å². The third kappa shape index (κ3) is 7.76. The van der Waals surface area contributed by atoms with Gasteiger partial charge in [-0.1, -0.05) is 24.3 Å². The van der Waals surface area contributed by atoms with Gasteiger partial charge in [0, 0.05) is 35.3 Å². The number of ether oxygens (including phenoxy) is 1. The average Bonchev–Trinajstić information content (AvgIpc) is 3.33. The molecule has 4 aromatic rings. The summed E-state index contributed by atoms with van der Waals surface area (Å²) in [4.78, 5) is 32.4. The molecule has 4 rings (SSSR count). The van der Waals surface area contributed by atoms with Crippen molar-refractivity contribution < 1.29 is 27.5 Å². The van der Waals surface area contributed by atoms with Gasteiger partial charge in [-0.05, 0) is 93.8 Å². The van der Waals surface area contributed by atoms with Crippen LogP contribution in [0.3, 0.4) is 0 Å². The van der Waals surface area contributed by atoms with Crippen molar-refractivity contribution in [3.8, 4) is 11.1 Å². The lowest BCUT2D eigenvalue weighted by Crippen LogP contribution is -2.38. The molecule has 0 fully saturated rings. The molecule has 42 heavy (non-hydrogen) atoms. The molecule has 0 saturated carbocycles. The van der Waals surface area contributed by atoms with Gasteiger partial charge >= 0.3 is 12.3 Å².